The molecule has 124 valence electrons. The Hall–Kier alpha value is -2.41. The molecule has 1 aromatic carbocycles. The maximum Gasteiger partial charge on any atom is 0.225 e. The molecule has 3 rings (SSSR count). The van der Waals surface area contributed by atoms with Gasteiger partial charge in [-0.3, -0.25) is 0 Å². The van der Waals surface area contributed by atoms with Gasteiger partial charge >= 0.3 is 0 Å². The van der Waals surface area contributed by atoms with Crippen molar-refractivity contribution >= 4 is 23.5 Å². The van der Waals surface area contributed by atoms with E-state index < -0.39 is 0 Å². The molecule has 0 aliphatic carbocycles. The summed E-state index contributed by atoms with van der Waals surface area (Å²) in [5.41, 5.74) is 3.25. The van der Waals surface area contributed by atoms with Crippen LogP contribution >= 0.6 is 11.8 Å². The third-order valence-electron chi connectivity index (χ3n) is 3.52. The zero-order valence-electron chi connectivity index (χ0n) is 14.0. The smallest absolute Gasteiger partial charge is 0.225 e. The van der Waals surface area contributed by atoms with Crippen LogP contribution in [-0.2, 0) is 6.42 Å². The van der Waals surface area contributed by atoms with Gasteiger partial charge in [-0.2, -0.15) is 4.98 Å². The Morgan fingerprint density at radius 1 is 1.08 bits per heavy atom. The summed E-state index contributed by atoms with van der Waals surface area (Å²) in [6.45, 7) is 5.98. The Balaban J connectivity index is 1.90. The molecule has 0 aliphatic rings. The number of hydrogen-bond acceptors (Lipinski definition) is 6. The van der Waals surface area contributed by atoms with Crippen molar-refractivity contribution in [2.45, 2.75) is 32.3 Å². The minimum absolute atomic E-state index is 0.595. The number of nitrogens with one attached hydrogen (secondary N) is 2. The lowest BCUT2D eigenvalue weighted by atomic mass is 10.0. The van der Waals surface area contributed by atoms with E-state index >= 15 is 0 Å². The summed E-state index contributed by atoms with van der Waals surface area (Å²) in [5, 5.41) is 11.1. The van der Waals surface area contributed by atoms with E-state index in [9.17, 15) is 0 Å². The fourth-order valence-corrected chi connectivity index (χ4v) is 2.98. The number of aryl methyl sites for hydroxylation is 2. The molecule has 0 bridgehead atoms. The van der Waals surface area contributed by atoms with E-state index in [0.717, 1.165) is 40.2 Å². The first-order valence-electron chi connectivity index (χ1n) is 7.86. The number of benzene rings is 1. The quantitative estimate of drug-likeness (QED) is 0.667. The van der Waals surface area contributed by atoms with Crippen molar-refractivity contribution in [2.75, 3.05) is 11.1 Å². The lowest BCUT2D eigenvalue weighted by Crippen LogP contribution is -2.07. The van der Waals surface area contributed by atoms with Gasteiger partial charge in [0.15, 0.2) is 0 Å². The maximum atomic E-state index is 4.56. The van der Waals surface area contributed by atoms with Crippen LogP contribution in [-0.4, -0.2) is 30.9 Å². The summed E-state index contributed by atoms with van der Waals surface area (Å²) >= 11 is 1.59. The Labute approximate surface area is 145 Å². The number of rotatable bonds is 6. The first-order valence-corrected chi connectivity index (χ1v) is 8.84. The highest BCUT2D eigenvalue weighted by atomic mass is 32.2. The fourth-order valence-electron chi connectivity index (χ4n) is 2.46. The average molecular weight is 340 g/mol. The molecular formula is C17H20N6S. The van der Waals surface area contributed by atoms with E-state index in [0.29, 0.717) is 5.95 Å². The second kappa shape index (κ2) is 7.44. The number of aromatic amines is 1. The van der Waals surface area contributed by atoms with Crippen molar-refractivity contribution in [3.05, 3.63) is 53.0 Å². The van der Waals surface area contributed by atoms with Crippen LogP contribution in [0.25, 0.3) is 0 Å². The highest BCUT2D eigenvalue weighted by Gasteiger charge is 2.13. The second-order valence-electron chi connectivity index (χ2n) is 5.37. The molecule has 0 amide bonds. The molecule has 0 aliphatic heterocycles. The Morgan fingerprint density at radius 3 is 2.62 bits per heavy atom. The Morgan fingerprint density at radius 2 is 1.88 bits per heavy atom. The summed E-state index contributed by atoms with van der Waals surface area (Å²) in [7, 11) is 0. The average Bonchev–Trinajstić information content (AvgIpc) is 2.99. The van der Waals surface area contributed by atoms with Crippen molar-refractivity contribution in [1.29, 1.82) is 0 Å². The fraction of sp³-hybridized carbons (Fsp3) is 0.294. The molecule has 0 spiro atoms. The first-order chi connectivity index (χ1) is 11.7. The second-order valence-corrected chi connectivity index (χ2v) is 6.60. The van der Waals surface area contributed by atoms with Crippen LogP contribution < -0.4 is 5.32 Å². The van der Waals surface area contributed by atoms with Crippen LogP contribution in [0, 0.1) is 13.8 Å². The van der Waals surface area contributed by atoms with Gasteiger partial charge in [0.25, 0.3) is 0 Å². The van der Waals surface area contributed by atoms with E-state index in [1.54, 1.807) is 11.8 Å². The zero-order chi connectivity index (χ0) is 16.9. The lowest BCUT2D eigenvalue weighted by Gasteiger charge is -2.12. The molecule has 0 radical (unpaired) electrons. The summed E-state index contributed by atoms with van der Waals surface area (Å²) in [5.74, 6) is 3.03. The van der Waals surface area contributed by atoms with Crippen LogP contribution in [0.1, 0.15) is 29.6 Å². The van der Waals surface area contributed by atoms with Gasteiger partial charge in [-0.15, -0.1) is 5.10 Å². The highest BCUT2D eigenvalue weighted by Crippen LogP contribution is 2.23. The zero-order valence-corrected chi connectivity index (χ0v) is 14.8. The van der Waals surface area contributed by atoms with Crippen LogP contribution in [0.4, 0.5) is 11.8 Å². The number of thioether (sulfide) groups is 1. The summed E-state index contributed by atoms with van der Waals surface area (Å²) in [6.07, 6.45) is 0.764. The van der Waals surface area contributed by atoms with E-state index in [4.69, 9.17) is 0 Å². The summed E-state index contributed by atoms with van der Waals surface area (Å²) in [4.78, 5) is 13.5. The Kier molecular flexibility index (Phi) is 5.10. The summed E-state index contributed by atoms with van der Waals surface area (Å²) in [6, 6.07) is 10.3. The standard InChI is InChI=1S/C17H20N6S/c1-4-24-17-21-16(22-23-17)20-15-14(11(2)18-12(3)19-15)10-13-8-6-5-7-9-13/h5-9H,4,10H2,1-3H3,(H2,18,19,20,21,22,23). The van der Waals surface area contributed by atoms with E-state index in [-0.39, 0.29) is 0 Å². The van der Waals surface area contributed by atoms with E-state index in [2.05, 4.69) is 49.5 Å². The third-order valence-corrected chi connectivity index (χ3v) is 4.25. The maximum absolute atomic E-state index is 4.56. The van der Waals surface area contributed by atoms with Crippen LogP contribution in [0.3, 0.4) is 0 Å². The topological polar surface area (TPSA) is 79.4 Å². The minimum Gasteiger partial charge on any atom is -0.309 e. The highest BCUT2D eigenvalue weighted by molar-refractivity contribution is 7.99. The van der Waals surface area contributed by atoms with E-state index in [1.165, 1.54) is 5.56 Å². The number of aromatic nitrogens is 5. The van der Waals surface area contributed by atoms with Crippen LogP contribution in [0.15, 0.2) is 35.5 Å². The molecule has 0 saturated heterocycles. The SMILES string of the molecule is CCSc1n[nH]c(Nc2nc(C)nc(C)c2Cc2ccccc2)n1. The van der Waals surface area contributed by atoms with Crippen molar-refractivity contribution in [1.82, 2.24) is 25.1 Å². The predicted molar refractivity (Wildman–Crippen MR) is 96.8 cm³/mol. The molecule has 7 heteroatoms. The van der Waals surface area contributed by atoms with E-state index in [1.807, 2.05) is 32.0 Å². The summed E-state index contributed by atoms with van der Waals surface area (Å²) < 4.78 is 0. The van der Waals surface area contributed by atoms with Gasteiger partial charge in [-0.05, 0) is 25.2 Å². The van der Waals surface area contributed by atoms with Crippen molar-refractivity contribution in [2.24, 2.45) is 0 Å². The molecule has 2 aromatic heterocycles. The van der Waals surface area contributed by atoms with Gasteiger partial charge in [-0.1, -0.05) is 49.0 Å². The largest absolute Gasteiger partial charge is 0.309 e. The third kappa shape index (κ3) is 3.91. The van der Waals surface area contributed by atoms with Gasteiger partial charge in [0.1, 0.15) is 11.6 Å². The van der Waals surface area contributed by atoms with Crippen molar-refractivity contribution in [3.63, 3.8) is 0 Å². The van der Waals surface area contributed by atoms with Crippen molar-refractivity contribution in [3.8, 4) is 0 Å². The number of anilines is 2. The predicted octanol–water partition coefficient (Wildman–Crippen LogP) is 3.66. The molecular weight excluding hydrogens is 320 g/mol. The molecule has 2 heterocycles. The van der Waals surface area contributed by atoms with Gasteiger partial charge in [0.05, 0.1) is 0 Å². The molecule has 24 heavy (non-hydrogen) atoms. The van der Waals surface area contributed by atoms with Gasteiger partial charge < -0.3 is 5.32 Å². The molecule has 2 N–H and O–H groups in total. The van der Waals surface area contributed by atoms with Crippen LogP contribution in [0.2, 0.25) is 0 Å². The number of H-pyrrole nitrogens is 1. The first kappa shape index (κ1) is 16.4. The lowest BCUT2D eigenvalue weighted by molar-refractivity contribution is 0.959. The monoisotopic (exact) mass is 340 g/mol. The Bertz CT molecular complexity index is 815. The number of hydrogen-bond donors (Lipinski definition) is 2. The molecule has 0 unspecified atom stereocenters. The number of nitrogens with zero attached hydrogens (tertiary/aromatic N) is 4. The molecule has 6 nitrogen and oxygen atoms in total. The normalized spacial score (nSPS) is 10.8. The molecule has 0 saturated carbocycles. The molecule has 3 aromatic rings. The van der Waals surface area contributed by atoms with Gasteiger partial charge in [-0.25, -0.2) is 15.1 Å². The molecule has 0 atom stereocenters. The van der Waals surface area contributed by atoms with Gasteiger partial charge in [0.2, 0.25) is 11.1 Å². The van der Waals surface area contributed by atoms with Crippen molar-refractivity contribution < 1.29 is 0 Å². The van der Waals surface area contributed by atoms with Crippen LogP contribution in [0.5, 0.6) is 0 Å². The minimum atomic E-state index is 0.595. The molecule has 0 fully saturated rings. The van der Waals surface area contributed by atoms with Gasteiger partial charge in [0, 0.05) is 17.7 Å².